The predicted octanol–water partition coefficient (Wildman–Crippen LogP) is 3.58. The molecule has 0 amide bonds. The Balaban J connectivity index is 2.06. The van der Waals surface area contributed by atoms with Gasteiger partial charge in [0.15, 0.2) is 0 Å². The average Bonchev–Trinajstić information content (AvgIpc) is 2.45. The predicted molar refractivity (Wildman–Crippen MR) is 74.8 cm³/mol. The van der Waals surface area contributed by atoms with Gasteiger partial charge in [0.05, 0.1) is 11.0 Å². The van der Waals surface area contributed by atoms with Crippen molar-refractivity contribution in [2.24, 2.45) is 0 Å². The van der Waals surface area contributed by atoms with Crippen LogP contribution in [0.4, 0.5) is 10.1 Å². The molecule has 0 fully saturated rings. The number of non-ortho nitro benzene ring substituents is 1. The van der Waals surface area contributed by atoms with E-state index in [0.29, 0.717) is 12.1 Å². The number of benzene rings is 2. The molecule has 0 radical (unpaired) electrons. The Labute approximate surface area is 116 Å². The summed E-state index contributed by atoms with van der Waals surface area (Å²) < 4.78 is 13.3. The van der Waals surface area contributed by atoms with Crippen LogP contribution in [0.3, 0.4) is 0 Å². The summed E-state index contributed by atoms with van der Waals surface area (Å²) in [5.41, 5.74) is 1.44. The molecule has 5 heteroatoms. The summed E-state index contributed by atoms with van der Waals surface area (Å²) >= 11 is 0. The summed E-state index contributed by atoms with van der Waals surface area (Å²) in [7, 11) is 0. The molecule has 0 aliphatic heterocycles. The van der Waals surface area contributed by atoms with Crippen molar-refractivity contribution in [1.29, 1.82) is 0 Å². The van der Waals surface area contributed by atoms with Gasteiger partial charge in [-0.05, 0) is 24.1 Å². The molecule has 2 aromatic rings. The van der Waals surface area contributed by atoms with Crippen molar-refractivity contribution in [2.75, 3.05) is 0 Å². The van der Waals surface area contributed by atoms with Crippen LogP contribution in [-0.4, -0.2) is 4.92 Å². The number of nitrogens with one attached hydrogen (secondary N) is 1. The topological polar surface area (TPSA) is 55.2 Å². The minimum absolute atomic E-state index is 0.0820. The summed E-state index contributed by atoms with van der Waals surface area (Å²) in [6.45, 7) is 2.36. The second kappa shape index (κ2) is 6.25. The molecular formula is C15H15FN2O2. The fourth-order valence-corrected chi connectivity index (χ4v) is 1.97. The van der Waals surface area contributed by atoms with E-state index < -0.39 is 10.7 Å². The first-order valence-electron chi connectivity index (χ1n) is 6.28. The van der Waals surface area contributed by atoms with Gasteiger partial charge in [0, 0.05) is 18.7 Å². The molecule has 0 heterocycles. The van der Waals surface area contributed by atoms with E-state index in [2.05, 4.69) is 5.32 Å². The summed E-state index contributed by atoms with van der Waals surface area (Å²) in [5.74, 6) is -0.594. The SMILES string of the molecule is CC(NCc1cc(F)cc([N+](=O)[O-])c1)c1ccccc1. The van der Waals surface area contributed by atoms with E-state index in [1.54, 1.807) is 0 Å². The highest BCUT2D eigenvalue weighted by Crippen LogP contribution is 2.18. The quantitative estimate of drug-likeness (QED) is 0.669. The lowest BCUT2D eigenvalue weighted by atomic mass is 10.1. The van der Waals surface area contributed by atoms with Crippen molar-refractivity contribution >= 4 is 5.69 Å². The molecule has 0 aliphatic carbocycles. The van der Waals surface area contributed by atoms with Gasteiger partial charge >= 0.3 is 0 Å². The van der Waals surface area contributed by atoms with Gasteiger partial charge in [-0.2, -0.15) is 0 Å². The monoisotopic (exact) mass is 274 g/mol. The summed E-state index contributed by atoms with van der Waals surface area (Å²) in [6.07, 6.45) is 0. The molecule has 0 saturated heterocycles. The van der Waals surface area contributed by atoms with Crippen LogP contribution in [0.25, 0.3) is 0 Å². The van der Waals surface area contributed by atoms with Crippen LogP contribution in [0.2, 0.25) is 0 Å². The van der Waals surface area contributed by atoms with Gasteiger partial charge < -0.3 is 5.32 Å². The number of hydrogen-bond donors (Lipinski definition) is 1. The zero-order valence-electron chi connectivity index (χ0n) is 11.0. The largest absolute Gasteiger partial charge is 0.306 e. The fourth-order valence-electron chi connectivity index (χ4n) is 1.97. The molecule has 20 heavy (non-hydrogen) atoms. The highest BCUT2D eigenvalue weighted by Gasteiger charge is 2.11. The van der Waals surface area contributed by atoms with Crippen molar-refractivity contribution in [3.63, 3.8) is 0 Å². The molecule has 1 atom stereocenters. The summed E-state index contributed by atoms with van der Waals surface area (Å²) in [5, 5.41) is 13.9. The molecule has 0 bridgehead atoms. The molecular weight excluding hydrogens is 259 g/mol. The summed E-state index contributed by atoms with van der Waals surface area (Å²) in [6, 6.07) is 13.5. The molecule has 0 spiro atoms. The number of rotatable bonds is 5. The third-order valence-corrected chi connectivity index (χ3v) is 3.07. The number of halogens is 1. The van der Waals surface area contributed by atoms with Gasteiger partial charge in [0.25, 0.3) is 5.69 Å². The lowest BCUT2D eigenvalue weighted by Crippen LogP contribution is -2.18. The first-order chi connectivity index (χ1) is 9.56. The Hall–Kier alpha value is -2.27. The van der Waals surface area contributed by atoms with Crippen molar-refractivity contribution in [2.45, 2.75) is 19.5 Å². The smallest absolute Gasteiger partial charge is 0.272 e. The zero-order chi connectivity index (χ0) is 14.5. The zero-order valence-corrected chi connectivity index (χ0v) is 11.0. The van der Waals surface area contributed by atoms with Crippen molar-refractivity contribution in [1.82, 2.24) is 5.32 Å². The molecule has 0 aliphatic rings. The maximum Gasteiger partial charge on any atom is 0.272 e. The Morgan fingerprint density at radius 1 is 1.25 bits per heavy atom. The Morgan fingerprint density at radius 2 is 1.95 bits per heavy atom. The number of nitro groups is 1. The number of nitrogens with zero attached hydrogens (tertiary/aromatic N) is 1. The normalized spacial score (nSPS) is 12.1. The second-order valence-corrected chi connectivity index (χ2v) is 4.59. The van der Waals surface area contributed by atoms with E-state index in [4.69, 9.17) is 0 Å². The van der Waals surface area contributed by atoms with Gasteiger partial charge in [-0.1, -0.05) is 30.3 Å². The van der Waals surface area contributed by atoms with Crippen LogP contribution < -0.4 is 5.32 Å². The average molecular weight is 274 g/mol. The van der Waals surface area contributed by atoms with E-state index in [-0.39, 0.29) is 11.7 Å². The van der Waals surface area contributed by atoms with Crippen LogP contribution >= 0.6 is 0 Å². The molecule has 2 rings (SSSR count). The fraction of sp³-hybridized carbons (Fsp3) is 0.200. The van der Waals surface area contributed by atoms with Gasteiger partial charge in [-0.25, -0.2) is 4.39 Å². The second-order valence-electron chi connectivity index (χ2n) is 4.59. The van der Waals surface area contributed by atoms with Crippen molar-refractivity contribution in [3.8, 4) is 0 Å². The van der Waals surface area contributed by atoms with Crippen LogP contribution in [0.5, 0.6) is 0 Å². The van der Waals surface area contributed by atoms with Crippen molar-refractivity contribution < 1.29 is 9.31 Å². The van der Waals surface area contributed by atoms with Gasteiger partial charge in [-0.3, -0.25) is 10.1 Å². The van der Waals surface area contributed by atoms with E-state index in [0.717, 1.165) is 11.6 Å². The van der Waals surface area contributed by atoms with E-state index in [9.17, 15) is 14.5 Å². The Morgan fingerprint density at radius 3 is 2.60 bits per heavy atom. The minimum atomic E-state index is -0.594. The van der Waals surface area contributed by atoms with Gasteiger partial charge in [0.1, 0.15) is 5.82 Å². The molecule has 0 aromatic heterocycles. The molecule has 104 valence electrons. The maximum atomic E-state index is 13.3. The van der Waals surface area contributed by atoms with Crippen LogP contribution in [0.1, 0.15) is 24.1 Å². The Bertz CT molecular complexity index is 602. The van der Waals surface area contributed by atoms with Gasteiger partial charge in [0.2, 0.25) is 0 Å². The standard InChI is InChI=1S/C15H15FN2O2/c1-11(13-5-3-2-4-6-13)17-10-12-7-14(16)9-15(8-12)18(19)20/h2-9,11,17H,10H2,1H3. The molecule has 4 nitrogen and oxygen atoms in total. The summed E-state index contributed by atoms with van der Waals surface area (Å²) in [4.78, 5) is 10.1. The van der Waals surface area contributed by atoms with Crippen LogP contribution in [0, 0.1) is 15.9 Å². The first-order valence-corrected chi connectivity index (χ1v) is 6.28. The van der Waals surface area contributed by atoms with E-state index >= 15 is 0 Å². The molecule has 1 N–H and O–H groups in total. The third-order valence-electron chi connectivity index (χ3n) is 3.07. The molecule has 2 aromatic carbocycles. The van der Waals surface area contributed by atoms with Crippen LogP contribution in [-0.2, 0) is 6.54 Å². The van der Waals surface area contributed by atoms with Crippen molar-refractivity contribution in [3.05, 3.63) is 75.6 Å². The lowest BCUT2D eigenvalue weighted by Gasteiger charge is -2.14. The van der Waals surface area contributed by atoms with E-state index in [1.807, 2.05) is 37.3 Å². The number of nitro benzene ring substituents is 1. The maximum absolute atomic E-state index is 13.3. The van der Waals surface area contributed by atoms with Crippen LogP contribution in [0.15, 0.2) is 48.5 Å². The molecule has 1 unspecified atom stereocenters. The third kappa shape index (κ3) is 3.61. The minimum Gasteiger partial charge on any atom is -0.306 e. The van der Waals surface area contributed by atoms with Gasteiger partial charge in [-0.15, -0.1) is 0 Å². The highest BCUT2D eigenvalue weighted by molar-refractivity contribution is 5.35. The number of hydrogen-bond acceptors (Lipinski definition) is 3. The first kappa shape index (κ1) is 14.1. The molecule has 0 saturated carbocycles. The lowest BCUT2D eigenvalue weighted by molar-refractivity contribution is -0.385. The highest BCUT2D eigenvalue weighted by atomic mass is 19.1. The Kier molecular flexibility index (Phi) is 4.42. The van der Waals surface area contributed by atoms with E-state index in [1.165, 1.54) is 12.1 Å².